The van der Waals surface area contributed by atoms with Crippen molar-refractivity contribution in [2.24, 2.45) is 5.73 Å². The number of carbonyl (C=O) groups is 1. The molecule has 1 aromatic rings. The molecule has 0 aliphatic carbocycles. The summed E-state index contributed by atoms with van der Waals surface area (Å²) in [6.45, 7) is 6.14. The average molecular weight is 309 g/mol. The van der Waals surface area contributed by atoms with E-state index < -0.39 is 5.54 Å². The molecule has 0 saturated carbocycles. The first-order valence-corrected chi connectivity index (χ1v) is 8.45. The second-order valence-electron chi connectivity index (χ2n) is 5.94. The highest BCUT2D eigenvalue weighted by atomic mass is 32.2. The third kappa shape index (κ3) is 6.10. The largest absolute Gasteiger partial charge is 0.468 e. The lowest BCUT2D eigenvalue weighted by atomic mass is 9.97. The minimum Gasteiger partial charge on any atom is -0.468 e. The van der Waals surface area contributed by atoms with Crippen LogP contribution in [-0.4, -0.2) is 24.4 Å². The second kappa shape index (κ2) is 8.44. The van der Waals surface area contributed by atoms with Gasteiger partial charge in [-0.1, -0.05) is 32.4 Å². The number of ether oxygens (including phenoxy) is 1. The summed E-state index contributed by atoms with van der Waals surface area (Å²) in [5.74, 6) is 1.28. The van der Waals surface area contributed by atoms with E-state index >= 15 is 0 Å². The maximum Gasteiger partial charge on any atom is 0.325 e. The molecule has 0 bridgehead atoms. The Kier molecular flexibility index (Phi) is 7.26. The fraction of sp³-hybridized carbons (Fsp3) is 0.588. The average Bonchev–Trinajstić information content (AvgIpc) is 2.46. The maximum absolute atomic E-state index is 11.5. The summed E-state index contributed by atoms with van der Waals surface area (Å²) in [6, 6.07) is 8.76. The molecule has 0 aliphatic heterocycles. The van der Waals surface area contributed by atoms with Gasteiger partial charge in [-0.15, -0.1) is 11.8 Å². The molecule has 0 spiro atoms. The Morgan fingerprint density at radius 3 is 2.43 bits per heavy atom. The van der Waals surface area contributed by atoms with E-state index in [1.54, 1.807) is 6.92 Å². The molecule has 0 amide bonds. The van der Waals surface area contributed by atoms with Crippen LogP contribution in [0, 0.1) is 0 Å². The molecule has 0 saturated heterocycles. The van der Waals surface area contributed by atoms with E-state index in [2.05, 4.69) is 38.1 Å². The van der Waals surface area contributed by atoms with Gasteiger partial charge >= 0.3 is 5.97 Å². The van der Waals surface area contributed by atoms with Gasteiger partial charge in [0.2, 0.25) is 0 Å². The standard InChI is InChI=1S/C17H27NO2S/c1-13(2)14-7-9-15(10-8-14)21-12-6-5-11-17(3,18)16(19)20-4/h7-10,13H,5-6,11-12,18H2,1-4H3. The number of benzene rings is 1. The molecular formula is C17H27NO2S. The smallest absolute Gasteiger partial charge is 0.325 e. The molecule has 0 radical (unpaired) electrons. The van der Waals surface area contributed by atoms with Gasteiger partial charge in [-0.25, -0.2) is 0 Å². The molecule has 1 aromatic carbocycles. The van der Waals surface area contributed by atoms with Crippen molar-refractivity contribution in [1.82, 2.24) is 0 Å². The Morgan fingerprint density at radius 1 is 1.29 bits per heavy atom. The number of carbonyl (C=O) groups excluding carboxylic acids is 1. The zero-order valence-corrected chi connectivity index (χ0v) is 14.3. The molecule has 1 unspecified atom stereocenters. The van der Waals surface area contributed by atoms with Crippen LogP contribution in [0.4, 0.5) is 0 Å². The van der Waals surface area contributed by atoms with Crippen LogP contribution < -0.4 is 5.73 Å². The summed E-state index contributed by atoms with van der Waals surface area (Å²) >= 11 is 1.85. The maximum atomic E-state index is 11.5. The zero-order chi connectivity index (χ0) is 15.9. The van der Waals surface area contributed by atoms with Crippen LogP contribution in [0.1, 0.15) is 51.5 Å². The lowest BCUT2D eigenvalue weighted by Gasteiger charge is -2.20. The third-order valence-electron chi connectivity index (χ3n) is 3.56. The Labute approximate surface area is 132 Å². The third-order valence-corrected chi connectivity index (χ3v) is 4.66. The first kappa shape index (κ1) is 18.1. The quantitative estimate of drug-likeness (QED) is 0.448. The Balaban J connectivity index is 2.27. The van der Waals surface area contributed by atoms with Crippen molar-refractivity contribution < 1.29 is 9.53 Å². The molecular weight excluding hydrogens is 282 g/mol. The molecule has 4 heteroatoms. The predicted octanol–water partition coefficient (Wildman–Crippen LogP) is 3.96. The normalized spacial score (nSPS) is 14.0. The first-order chi connectivity index (χ1) is 9.86. The van der Waals surface area contributed by atoms with Crippen molar-refractivity contribution in [3.05, 3.63) is 29.8 Å². The van der Waals surface area contributed by atoms with Gasteiger partial charge in [0.25, 0.3) is 0 Å². The SMILES string of the molecule is COC(=O)C(C)(N)CCCCSc1ccc(C(C)C)cc1. The van der Waals surface area contributed by atoms with Gasteiger partial charge in [-0.2, -0.15) is 0 Å². The van der Waals surface area contributed by atoms with Crippen LogP contribution in [0.15, 0.2) is 29.2 Å². The van der Waals surface area contributed by atoms with E-state index in [4.69, 9.17) is 10.5 Å². The molecule has 2 N–H and O–H groups in total. The number of hydrogen-bond donors (Lipinski definition) is 1. The van der Waals surface area contributed by atoms with Crippen molar-refractivity contribution in [1.29, 1.82) is 0 Å². The lowest BCUT2D eigenvalue weighted by molar-refractivity contribution is -0.146. The number of hydrogen-bond acceptors (Lipinski definition) is 4. The van der Waals surface area contributed by atoms with Gasteiger partial charge in [0.05, 0.1) is 7.11 Å². The van der Waals surface area contributed by atoms with Crippen molar-refractivity contribution in [3.63, 3.8) is 0 Å². The first-order valence-electron chi connectivity index (χ1n) is 7.47. The van der Waals surface area contributed by atoms with E-state index in [1.165, 1.54) is 17.6 Å². The monoisotopic (exact) mass is 309 g/mol. The van der Waals surface area contributed by atoms with E-state index in [-0.39, 0.29) is 5.97 Å². The molecule has 21 heavy (non-hydrogen) atoms. The van der Waals surface area contributed by atoms with Gasteiger partial charge in [0, 0.05) is 4.90 Å². The highest BCUT2D eigenvalue weighted by Crippen LogP contribution is 2.23. The minimum absolute atomic E-state index is 0.334. The van der Waals surface area contributed by atoms with Crippen LogP contribution in [-0.2, 0) is 9.53 Å². The minimum atomic E-state index is -0.863. The van der Waals surface area contributed by atoms with E-state index in [0.29, 0.717) is 12.3 Å². The second-order valence-corrected chi connectivity index (χ2v) is 7.11. The predicted molar refractivity (Wildman–Crippen MR) is 89.7 cm³/mol. The molecule has 118 valence electrons. The fourth-order valence-corrected chi connectivity index (χ4v) is 2.98. The van der Waals surface area contributed by atoms with E-state index in [9.17, 15) is 4.79 Å². The number of thioether (sulfide) groups is 1. The van der Waals surface area contributed by atoms with Gasteiger partial charge < -0.3 is 10.5 Å². The van der Waals surface area contributed by atoms with Crippen molar-refractivity contribution >= 4 is 17.7 Å². The summed E-state index contributed by atoms with van der Waals surface area (Å²) in [4.78, 5) is 12.7. The number of esters is 1. The highest BCUT2D eigenvalue weighted by molar-refractivity contribution is 7.99. The van der Waals surface area contributed by atoms with Crippen LogP contribution in [0.3, 0.4) is 0 Å². The van der Waals surface area contributed by atoms with Crippen LogP contribution in [0.2, 0.25) is 0 Å². The van der Waals surface area contributed by atoms with Gasteiger partial charge in [0.1, 0.15) is 5.54 Å². The Bertz CT molecular complexity index is 441. The van der Waals surface area contributed by atoms with Crippen LogP contribution in [0.25, 0.3) is 0 Å². The van der Waals surface area contributed by atoms with Crippen molar-refractivity contribution in [2.75, 3.05) is 12.9 Å². The van der Waals surface area contributed by atoms with Crippen LogP contribution in [0.5, 0.6) is 0 Å². The molecule has 3 nitrogen and oxygen atoms in total. The van der Waals surface area contributed by atoms with Gasteiger partial charge in [-0.05, 0) is 49.1 Å². The lowest BCUT2D eigenvalue weighted by Crippen LogP contribution is -2.45. The van der Waals surface area contributed by atoms with Crippen molar-refractivity contribution in [3.8, 4) is 0 Å². The summed E-state index contributed by atoms with van der Waals surface area (Å²) in [5, 5.41) is 0. The molecule has 1 rings (SSSR count). The van der Waals surface area contributed by atoms with Crippen molar-refractivity contribution in [2.45, 2.75) is 56.4 Å². The Morgan fingerprint density at radius 2 is 1.90 bits per heavy atom. The van der Waals surface area contributed by atoms with Crippen LogP contribution >= 0.6 is 11.8 Å². The Hall–Kier alpha value is -1.00. The van der Waals surface area contributed by atoms with E-state index in [1.807, 2.05) is 11.8 Å². The molecule has 0 fully saturated rings. The summed E-state index contributed by atoms with van der Waals surface area (Å²) < 4.78 is 4.70. The topological polar surface area (TPSA) is 52.3 Å². The fourth-order valence-electron chi connectivity index (χ4n) is 2.07. The summed E-state index contributed by atoms with van der Waals surface area (Å²) in [6.07, 6.45) is 2.63. The highest BCUT2D eigenvalue weighted by Gasteiger charge is 2.28. The number of rotatable bonds is 8. The van der Waals surface area contributed by atoms with E-state index in [0.717, 1.165) is 18.6 Å². The van der Waals surface area contributed by atoms with Gasteiger partial charge in [0.15, 0.2) is 0 Å². The molecule has 0 aromatic heterocycles. The number of nitrogens with two attached hydrogens (primary N) is 1. The molecule has 1 atom stereocenters. The molecule has 0 aliphatic rings. The zero-order valence-electron chi connectivity index (χ0n) is 13.5. The number of methoxy groups -OCH3 is 1. The summed E-state index contributed by atoms with van der Waals surface area (Å²) in [5.41, 5.74) is 6.44. The number of unbranched alkanes of at least 4 members (excludes halogenated alkanes) is 1. The molecule has 0 heterocycles. The van der Waals surface area contributed by atoms with Gasteiger partial charge in [-0.3, -0.25) is 4.79 Å². The summed E-state index contributed by atoms with van der Waals surface area (Å²) in [7, 11) is 1.38.